The van der Waals surface area contributed by atoms with Gasteiger partial charge >= 0.3 is 0 Å². The van der Waals surface area contributed by atoms with Gasteiger partial charge in [-0.2, -0.15) is 0 Å². The third-order valence-electron chi connectivity index (χ3n) is 6.48. The quantitative estimate of drug-likeness (QED) is 0.479. The van der Waals surface area contributed by atoms with Gasteiger partial charge in [0.2, 0.25) is 11.8 Å². The summed E-state index contributed by atoms with van der Waals surface area (Å²) in [6.45, 7) is 1.67. The largest absolute Gasteiger partial charge is 0.389 e. The van der Waals surface area contributed by atoms with E-state index in [0.29, 0.717) is 12.3 Å². The third-order valence-corrected chi connectivity index (χ3v) is 6.48. The summed E-state index contributed by atoms with van der Waals surface area (Å²) in [5.74, 6) is -0.231. The Kier molecular flexibility index (Phi) is 5.68. The number of hydrogen-bond acceptors (Lipinski definition) is 4. The summed E-state index contributed by atoms with van der Waals surface area (Å²) < 4.78 is 5.62. The van der Waals surface area contributed by atoms with Gasteiger partial charge in [-0.3, -0.25) is 9.59 Å². The number of carbonyl (C=O) groups is 2. The smallest absolute Gasteiger partial charge is 0.245 e. The highest BCUT2D eigenvalue weighted by molar-refractivity contribution is 5.94. The number of nitrogens with one attached hydrogen (secondary N) is 3. The Bertz CT molecular complexity index is 1130. The number of hydrogen-bond donors (Lipinski definition) is 4. The third kappa shape index (κ3) is 3.89. The highest BCUT2D eigenvalue weighted by Crippen LogP contribution is 2.37. The number of aliphatic hydroxyl groups excluding tert-OH is 1. The first-order valence-corrected chi connectivity index (χ1v) is 11.1. The van der Waals surface area contributed by atoms with Gasteiger partial charge in [0.1, 0.15) is 12.1 Å². The Morgan fingerprint density at radius 3 is 2.72 bits per heavy atom. The van der Waals surface area contributed by atoms with Crippen LogP contribution in [0.2, 0.25) is 0 Å². The van der Waals surface area contributed by atoms with Crippen LogP contribution in [0.1, 0.15) is 29.9 Å². The summed E-state index contributed by atoms with van der Waals surface area (Å²) in [5.41, 5.74) is 5.51. The van der Waals surface area contributed by atoms with Gasteiger partial charge in [-0.25, -0.2) is 0 Å². The minimum Gasteiger partial charge on any atom is -0.389 e. The Hall–Kier alpha value is -3.16. The molecule has 0 saturated carbocycles. The number of aromatic amines is 1. The van der Waals surface area contributed by atoms with Gasteiger partial charge in [0.05, 0.1) is 6.61 Å². The van der Waals surface area contributed by atoms with Gasteiger partial charge in [0.15, 0.2) is 0 Å². The molecule has 2 fully saturated rings. The molecular formula is C25H27N3O4. The van der Waals surface area contributed by atoms with Crippen molar-refractivity contribution in [3.8, 4) is 11.3 Å². The van der Waals surface area contributed by atoms with Gasteiger partial charge in [-0.15, -0.1) is 0 Å². The van der Waals surface area contributed by atoms with Crippen LogP contribution in [0, 0.1) is 0 Å². The lowest BCUT2D eigenvalue weighted by molar-refractivity contribution is -0.128. The molecule has 7 nitrogen and oxygen atoms in total. The molecule has 3 atom stereocenters. The van der Waals surface area contributed by atoms with Crippen molar-refractivity contribution >= 4 is 22.7 Å². The number of aliphatic hydroxyl groups is 1. The molecule has 0 radical (unpaired) electrons. The predicted octanol–water partition coefficient (Wildman–Crippen LogP) is 2.25. The zero-order valence-corrected chi connectivity index (χ0v) is 17.8. The molecule has 32 heavy (non-hydrogen) atoms. The molecule has 1 aromatic heterocycles. The van der Waals surface area contributed by atoms with Crippen LogP contribution in [-0.2, 0) is 20.7 Å². The zero-order chi connectivity index (χ0) is 22.1. The lowest BCUT2D eigenvalue weighted by atomic mass is 9.94. The molecule has 166 valence electrons. The Balaban J connectivity index is 1.46. The standard InChI is InChI=1S/C25H27N3O4/c29-20-13-26-25(31)24(20)27-21(30)10-9-19-18-8-4-7-17(16-11-12-32-14-16)23(18)28-22(19)15-5-2-1-3-6-15/h1-8,16,20,24,28-29H,9-14H2,(H,26,31)(H,27,30)/t16?,20-,24+/m1/s1. The first-order chi connectivity index (χ1) is 15.6. The number of β-amino-alcohol motifs (C(OH)–C–C–N with tert-alkyl or cyclic N) is 1. The number of benzene rings is 2. The minimum absolute atomic E-state index is 0.165. The number of aromatic nitrogens is 1. The summed E-state index contributed by atoms with van der Waals surface area (Å²) in [6, 6.07) is 15.6. The second-order valence-electron chi connectivity index (χ2n) is 8.53. The Morgan fingerprint density at radius 1 is 1.16 bits per heavy atom. The number of H-pyrrole nitrogens is 1. The van der Waals surface area contributed by atoms with E-state index in [0.717, 1.165) is 47.4 Å². The van der Waals surface area contributed by atoms with Crippen LogP contribution in [-0.4, -0.2) is 53.8 Å². The maximum absolute atomic E-state index is 12.6. The second-order valence-corrected chi connectivity index (χ2v) is 8.53. The van der Waals surface area contributed by atoms with Crippen molar-refractivity contribution in [1.82, 2.24) is 15.6 Å². The highest BCUT2D eigenvalue weighted by Gasteiger charge is 2.34. The van der Waals surface area contributed by atoms with Crippen LogP contribution in [0.4, 0.5) is 0 Å². The maximum atomic E-state index is 12.6. The van der Waals surface area contributed by atoms with Gasteiger partial charge in [0.25, 0.3) is 0 Å². The number of carbonyl (C=O) groups excluding carboxylic acids is 2. The molecule has 2 aliphatic heterocycles. The molecule has 2 aliphatic rings. The molecule has 2 saturated heterocycles. The molecule has 0 aliphatic carbocycles. The number of amides is 2. The van der Waals surface area contributed by atoms with Gasteiger partial charge in [-0.1, -0.05) is 48.5 Å². The summed E-state index contributed by atoms with van der Waals surface area (Å²) in [6.07, 6.45) is 0.851. The predicted molar refractivity (Wildman–Crippen MR) is 121 cm³/mol. The Labute approximate surface area is 186 Å². The fraction of sp³-hybridized carbons (Fsp3) is 0.360. The van der Waals surface area contributed by atoms with Crippen LogP contribution >= 0.6 is 0 Å². The van der Waals surface area contributed by atoms with Crippen molar-refractivity contribution in [2.75, 3.05) is 19.8 Å². The van der Waals surface area contributed by atoms with E-state index >= 15 is 0 Å². The van der Waals surface area contributed by atoms with Crippen LogP contribution in [0.5, 0.6) is 0 Å². The maximum Gasteiger partial charge on any atom is 0.245 e. The van der Waals surface area contributed by atoms with Crippen molar-refractivity contribution < 1.29 is 19.4 Å². The van der Waals surface area contributed by atoms with Crippen LogP contribution < -0.4 is 10.6 Å². The molecule has 0 spiro atoms. The van der Waals surface area contributed by atoms with Crippen molar-refractivity contribution in [2.45, 2.75) is 37.3 Å². The van der Waals surface area contributed by atoms with Gasteiger partial charge in [-0.05, 0) is 29.5 Å². The van der Waals surface area contributed by atoms with E-state index < -0.39 is 12.1 Å². The van der Waals surface area contributed by atoms with Crippen LogP contribution in [0.25, 0.3) is 22.2 Å². The molecular weight excluding hydrogens is 406 g/mol. The number of para-hydroxylation sites is 1. The SMILES string of the molecule is O=C(CCc1c(-c2ccccc2)[nH]c2c(C3CCOC3)cccc12)N[C@@H]1C(=O)NC[C@H]1O. The van der Waals surface area contributed by atoms with Crippen molar-refractivity contribution in [1.29, 1.82) is 0 Å². The molecule has 4 N–H and O–H groups in total. The van der Waals surface area contributed by atoms with E-state index in [4.69, 9.17) is 4.74 Å². The fourth-order valence-electron chi connectivity index (χ4n) is 4.78. The highest BCUT2D eigenvalue weighted by atomic mass is 16.5. The van der Waals surface area contributed by atoms with Gasteiger partial charge < -0.3 is 25.5 Å². The average Bonchev–Trinajstić information content (AvgIpc) is 3.54. The Morgan fingerprint density at radius 2 is 2.00 bits per heavy atom. The zero-order valence-electron chi connectivity index (χ0n) is 17.8. The summed E-state index contributed by atoms with van der Waals surface area (Å²) in [5, 5.41) is 16.3. The van der Waals surface area contributed by atoms with Crippen LogP contribution in [0.3, 0.4) is 0 Å². The van der Waals surface area contributed by atoms with Crippen molar-refractivity contribution in [3.63, 3.8) is 0 Å². The lowest BCUT2D eigenvalue weighted by Gasteiger charge is -2.14. The number of rotatable bonds is 6. The molecule has 3 aromatic rings. The van der Waals surface area contributed by atoms with Gasteiger partial charge in [0, 0.05) is 42.1 Å². The summed E-state index contributed by atoms with van der Waals surface area (Å²) in [7, 11) is 0. The minimum atomic E-state index is -0.893. The molecule has 7 heteroatoms. The van der Waals surface area contributed by atoms with E-state index in [1.807, 2.05) is 18.2 Å². The second kappa shape index (κ2) is 8.76. The first kappa shape index (κ1) is 20.7. The number of aryl methyl sites for hydroxylation is 1. The van der Waals surface area contributed by atoms with Crippen LogP contribution in [0.15, 0.2) is 48.5 Å². The van der Waals surface area contributed by atoms with E-state index in [1.165, 1.54) is 5.56 Å². The number of fused-ring (bicyclic) bond motifs is 1. The molecule has 2 amide bonds. The topological polar surface area (TPSA) is 103 Å². The monoisotopic (exact) mass is 433 g/mol. The van der Waals surface area contributed by atoms with E-state index in [-0.39, 0.29) is 24.8 Å². The molecule has 3 heterocycles. The fourth-order valence-corrected chi connectivity index (χ4v) is 4.78. The van der Waals surface area contributed by atoms with E-state index in [2.05, 4.69) is 45.9 Å². The first-order valence-electron chi connectivity index (χ1n) is 11.1. The van der Waals surface area contributed by atoms with E-state index in [1.54, 1.807) is 0 Å². The van der Waals surface area contributed by atoms with E-state index in [9.17, 15) is 14.7 Å². The molecule has 1 unspecified atom stereocenters. The summed E-state index contributed by atoms with van der Waals surface area (Å²) >= 11 is 0. The molecule has 5 rings (SSSR count). The van der Waals surface area contributed by atoms with Crippen molar-refractivity contribution in [2.24, 2.45) is 0 Å². The number of ether oxygens (including phenoxy) is 1. The molecule has 2 aromatic carbocycles. The van der Waals surface area contributed by atoms with Crippen molar-refractivity contribution in [3.05, 3.63) is 59.7 Å². The molecule has 0 bridgehead atoms. The normalized spacial score (nSPS) is 22.9. The average molecular weight is 434 g/mol. The summed E-state index contributed by atoms with van der Waals surface area (Å²) in [4.78, 5) is 28.1. The lowest BCUT2D eigenvalue weighted by Crippen LogP contribution is -2.45.